The van der Waals surface area contributed by atoms with Gasteiger partial charge in [0.25, 0.3) is 0 Å². The van der Waals surface area contributed by atoms with Crippen LogP contribution in [-0.2, 0) is 13.6 Å². The van der Waals surface area contributed by atoms with Crippen LogP contribution in [0.4, 0.5) is 0 Å². The lowest BCUT2D eigenvalue weighted by atomic mass is 10.4. The van der Waals surface area contributed by atoms with Crippen molar-refractivity contribution >= 4 is 7.60 Å². The van der Waals surface area contributed by atoms with E-state index in [0.29, 0.717) is 18.8 Å². The monoisotopic (exact) mass is 204 g/mol. The minimum atomic E-state index is -2.96. The lowest BCUT2D eigenvalue weighted by molar-refractivity contribution is 0.222. The highest BCUT2D eigenvalue weighted by atomic mass is 31.2. The third-order valence-electron chi connectivity index (χ3n) is 1.34. The Labute approximate surface area is 80.0 Å². The van der Waals surface area contributed by atoms with Crippen molar-refractivity contribution in [1.29, 1.82) is 0 Å². The molecule has 0 fully saturated rings. The van der Waals surface area contributed by atoms with Gasteiger partial charge < -0.3 is 9.05 Å². The Morgan fingerprint density at radius 1 is 1.38 bits per heavy atom. The van der Waals surface area contributed by atoms with Gasteiger partial charge in [-0.3, -0.25) is 4.57 Å². The highest BCUT2D eigenvalue weighted by Gasteiger charge is 2.23. The number of rotatable bonds is 7. The smallest absolute Gasteiger partial charge is 0.309 e. The Morgan fingerprint density at radius 2 is 1.85 bits per heavy atom. The van der Waals surface area contributed by atoms with Crippen molar-refractivity contribution in [2.75, 3.05) is 19.4 Å². The van der Waals surface area contributed by atoms with Crippen LogP contribution in [0.2, 0.25) is 0 Å². The molecule has 13 heavy (non-hydrogen) atoms. The highest BCUT2D eigenvalue weighted by molar-refractivity contribution is 7.54. The first-order valence-corrected chi connectivity index (χ1v) is 5.99. The van der Waals surface area contributed by atoms with Crippen LogP contribution < -0.4 is 0 Å². The van der Waals surface area contributed by atoms with Crippen LogP contribution in [0.15, 0.2) is 24.8 Å². The molecule has 0 amide bonds. The molecular formula is C9H17O3P. The van der Waals surface area contributed by atoms with Crippen LogP contribution >= 0.6 is 7.60 Å². The van der Waals surface area contributed by atoms with Gasteiger partial charge in [0, 0.05) is 0 Å². The fourth-order valence-electron chi connectivity index (χ4n) is 0.835. The van der Waals surface area contributed by atoms with E-state index in [1.165, 1.54) is 0 Å². The second kappa shape index (κ2) is 6.14. The Morgan fingerprint density at radius 3 is 2.15 bits per heavy atom. The lowest BCUT2D eigenvalue weighted by Gasteiger charge is -2.16. The van der Waals surface area contributed by atoms with Crippen molar-refractivity contribution in [2.24, 2.45) is 0 Å². The molecule has 0 saturated heterocycles. The maximum absolute atomic E-state index is 11.8. The maximum atomic E-state index is 11.8. The summed E-state index contributed by atoms with van der Waals surface area (Å²) in [6, 6.07) is 0. The van der Waals surface area contributed by atoms with Gasteiger partial charge in [0.2, 0.25) is 0 Å². The van der Waals surface area contributed by atoms with E-state index in [4.69, 9.17) is 9.05 Å². The molecule has 0 bridgehead atoms. The first-order chi connectivity index (χ1) is 6.08. The van der Waals surface area contributed by atoms with E-state index in [-0.39, 0.29) is 6.16 Å². The van der Waals surface area contributed by atoms with E-state index < -0.39 is 7.60 Å². The number of hydrogen-bond acceptors (Lipinski definition) is 3. The molecule has 0 aromatic rings. The zero-order chi connectivity index (χ0) is 10.3. The molecule has 0 aliphatic carbocycles. The summed E-state index contributed by atoms with van der Waals surface area (Å²) in [5, 5.41) is 0. The predicted octanol–water partition coefficient (Wildman–Crippen LogP) is 2.99. The van der Waals surface area contributed by atoms with Gasteiger partial charge in [0.1, 0.15) is 0 Å². The minimum absolute atomic E-state index is 0.220. The average molecular weight is 204 g/mol. The summed E-state index contributed by atoms with van der Waals surface area (Å²) in [6.45, 7) is 11.5. The van der Waals surface area contributed by atoms with Gasteiger partial charge >= 0.3 is 7.60 Å². The summed E-state index contributed by atoms with van der Waals surface area (Å²) in [5.74, 6) is 0. The third-order valence-corrected chi connectivity index (χ3v) is 3.43. The summed E-state index contributed by atoms with van der Waals surface area (Å²) in [7, 11) is -2.96. The average Bonchev–Trinajstić information content (AvgIpc) is 2.04. The van der Waals surface area contributed by atoms with E-state index in [1.54, 1.807) is 19.9 Å². The van der Waals surface area contributed by atoms with Crippen LogP contribution in [0, 0.1) is 0 Å². The van der Waals surface area contributed by atoms with Gasteiger partial charge in [-0.05, 0) is 19.4 Å². The molecule has 0 aliphatic rings. The van der Waals surface area contributed by atoms with E-state index in [2.05, 4.69) is 13.2 Å². The second-order valence-corrected chi connectivity index (χ2v) is 4.52. The molecule has 76 valence electrons. The highest BCUT2D eigenvalue weighted by Crippen LogP contribution is 2.49. The van der Waals surface area contributed by atoms with Crippen LogP contribution in [0.3, 0.4) is 0 Å². The Balaban J connectivity index is 4.31. The van der Waals surface area contributed by atoms with Crippen LogP contribution in [0.5, 0.6) is 0 Å². The molecule has 0 aliphatic heterocycles. The van der Waals surface area contributed by atoms with Crippen molar-refractivity contribution in [2.45, 2.75) is 13.8 Å². The molecular weight excluding hydrogens is 187 g/mol. The lowest BCUT2D eigenvalue weighted by Crippen LogP contribution is -2.00. The number of allylic oxidation sites excluding steroid dienone is 2. The summed E-state index contributed by atoms with van der Waals surface area (Å²) < 4.78 is 22.0. The van der Waals surface area contributed by atoms with Gasteiger partial charge in [-0.1, -0.05) is 19.2 Å². The van der Waals surface area contributed by atoms with E-state index >= 15 is 0 Å². The SMILES string of the molecule is C=CC(=C)CP(=O)(OCC)OCC. The fraction of sp³-hybridized carbons (Fsp3) is 0.556. The van der Waals surface area contributed by atoms with Crippen LogP contribution in [0.25, 0.3) is 0 Å². The molecule has 0 saturated carbocycles. The molecule has 3 nitrogen and oxygen atoms in total. The summed E-state index contributed by atoms with van der Waals surface area (Å²) >= 11 is 0. The second-order valence-electron chi connectivity index (χ2n) is 2.47. The molecule has 0 rings (SSSR count). The molecule has 0 unspecified atom stereocenters. The Bertz CT molecular complexity index is 213. The van der Waals surface area contributed by atoms with Gasteiger partial charge in [-0.25, -0.2) is 0 Å². The minimum Gasteiger partial charge on any atom is -0.309 e. The van der Waals surface area contributed by atoms with Crippen molar-refractivity contribution in [3.8, 4) is 0 Å². The first-order valence-electron chi connectivity index (χ1n) is 4.26. The molecule has 0 heterocycles. The molecule has 4 heteroatoms. The van der Waals surface area contributed by atoms with Crippen LogP contribution in [-0.4, -0.2) is 19.4 Å². The molecule has 0 N–H and O–H groups in total. The zero-order valence-corrected chi connectivity index (χ0v) is 9.18. The summed E-state index contributed by atoms with van der Waals surface area (Å²) in [5.41, 5.74) is 0.672. The van der Waals surface area contributed by atoms with E-state index in [0.717, 1.165) is 0 Å². The first kappa shape index (κ1) is 12.6. The number of hydrogen-bond donors (Lipinski definition) is 0. The molecule has 0 spiro atoms. The van der Waals surface area contributed by atoms with Crippen molar-refractivity contribution < 1.29 is 13.6 Å². The van der Waals surface area contributed by atoms with Crippen molar-refractivity contribution in [1.82, 2.24) is 0 Å². The normalized spacial score (nSPS) is 11.2. The Kier molecular flexibility index (Phi) is 5.97. The predicted molar refractivity (Wildman–Crippen MR) is 55.1 cm³/mol. The molecule has 0 radical (unpaired) electrons. The third kappa shape index (κ3) is 5.04. The van der Waals surface area contributed by atoms with Crippen molar-refractivity contribution in [3.05, 3.63) is 24.8 Å². The van der Waals surface area contributed by atoms with Crippen LogP contribution in [0.1, 0.15) is 13.8 Å². The maximum Gasteiger partial charge on any atom is 0.334 e. The largest absolute Gasteiger partial charge is 0.334 e. The topological polar surface area (TPSA) is 35.5 Å². The fourth-order valence-corrected chi connectivity index (χ4v) is 2.51. The van der Waals surface area contributed by atoms with E-state index in [9.17, 15) is 4.57 Å². The van der Waals surface area contributed by atoms with Gasteiger partial charge in [-0.2, -0.15) is 0 Å². The van der Waals surface area contributed by atoms with E-state index in [1.807, 2.05) is 0 Å². The summed E-state index contributed by atoms with van der Waals surface area (Å²) in [4.78, 5) is 0. The Hall–Kier alpha value is -0.370. The molecule has 0 atom stereocenters. The quantitative estimate of drug-likeness (QED) is 0.472. The molecule has 0 aromatic heterocycles. The van der Waals surface area contributed by atoms with Gasteiger partial charge in [-0.15, -0.1) is 0 Å². The summed E-state index contributed by atoms with van der Waals surface area (Å²) in [6.07, 6.45) is 1.78. The van der Waals surface area contributed by atoms with Gasteiger partial charge in [0.05, 0.1) is 19.4 Å². The standard InChI is InChI=1S/C9H17O3P/c1-5-9(4)8-13(10,11-6-2)12-7-3/h5H,1,4,6-8H2,2-3H3. The van der Waals surface area contributed by atoms with Gasteiger partial charge in [0.15, 0.2) is 0 Å². The van der Waals surface area contributed by atoms with Crippen molar-refractivity contribution in [3.63, 3.8) is 0 Å². The zero-order valence-electron chi connectivity index (χ0n) is 8.28. The molecule has 0 aromatic carbocycles.